The van der Waals surface area contributed by atoms with E-state index < -0.39 is 59.4 Å². The predicted molar refractivity (Wildman–Crippen MR) is 127 cm³/mol. The van der Waals surface area contributed by atoms with Crippen LogP contribution in [0.3, 0.4) is 0 Å². The number of thioether (sulfide) groups is 1. The molecule has 4 aliphatic heterocycles. The Kier molecular flexibility index (Phi) is 17.6. The summed E-state index contributed by atoms with van der Waals surface area (Å²) < 4.78 is 64.0. The molecule has 4 saturated heterocycles. The standard InChI is InChI=1S/C8H13NO6S.C8H13NO5S.C2H3N.HIO6.2H2/c1-2-16(12)6-4-14-7-5(15-9(10)11)3-13-8(6)7;1-2-15-6-4-13-7-5(14-9(10)11)3-12-8(6)7;1-2-3;2-1(3,4)6-7-5;;/h5-8H,2-4H2,1H3;5-8H,2-4H2,1H3;1H3;5H;2*1H/t5-,6+,7-,8-,16?;5-,6+,7-,8-;;;;/m11..../s1. The third kappa shape index (κ3) is 12.9. The minimum atomic E-state index is -5.74. The molecule has 23 heteroatoms. The molecule has 0 aromatic heterocycles. The average Bonchev–Trinajstić information content (AvgIpc) is 3.64. The number of halogens is 1. The number of ether oxygens (including phenoxy) is 4. The Morgan fingerprint density at radius 3 is 1.85 bits per heavy atom. The van der Waals surface area contributed by atoms with Gasteiger partial charge in [-0.05, 0) is 5.75 Å². The molecule has 0 saturated carbocycles. The van der Waals surface area contributed by atoms with Crippen molar-refractivity contribution < 1.29 is 89.8 Å². The van der Waals surface area contributed by atoms with E-state index in [2.05, 4.69) is 24.9 Å². The van der Waals surface area contributed by atoms with Crippen LogP contribution in [0.25, 0.3) is 0 Å². The second kappa shape index (κ2) is 19.1. The van der Waals surface area contributed by atoms with Crippen LogP contribution < -0.4 is 30.4 Å². The van der Waals surface area contributed by atoms with Crippen molar-refractivity contribution in [1.82, 2.24) is 0 Å². The van der Waals surface area contributed by atoms with Crippen LogP contribution in [0.5, 0.6) is 0 Å². The monoisotopic (exact) mass is 755 g/mol. The summed E-state index contributed by atoms with van der Waals surface area (Å²) in [5.74, 6) is 1.52. The Morgan fingerprint density at radius 2 is 1.44 bits per heavy atom. The van der Waals surface area contributed by atoms with Crippen LogP contribution in [0, 0.1) is 31.6 Å². The summed E-state index contributed by atoms with van der Waals surface area (Å²) in [5, 5.41) is 35.9. The predicted octanol–water partition coefficient (Wildman–Crippen LogP) is -5.69. The number of fused-ring (bicyclic) bond motifs is 2. The molecular formula is C18H34IN3O17S2. The first-order valence-electron chi connectivity index (χ1n) is 11.6. The van der Waals surface area contributed by atoms with Crippen molar-refractivity contribution in [2.45, 2.75) is 67.9 Å². The van der Waals surface area contributed by atoms with Crippen molar-refractivity contribution in [3.8, 4) is 6.07 Å². The van der Waals surface area contributed by atoms with Crippen LogP contribution in [0.15, 0.2) is 0 Å². The Hall–Kier alpha value is -1.28. The van der Waals surface area contributed by atoms with Gasteiger partial charge in [0.15, 0.2) is 12.2 Å². The molecule has 0 aromatic carbocycles. The second-order valence-electron chi connectivity index (χ2n) is 7.87. The maximum Gasteiger partial charge on any atom is 0.426 e. The van der Waals surface area contributed by atoms with E-state index in [4.69, 9.17) is 29.5 Å². The quantitative estimate of drug-likeness (QED) is 0.0940. The number of nitriles is 1. The van der Waals surface area contributed by atoms with Gasteiger partial charge in [0.2, 0.25) is 3.22 Å². The fourth-order valence-corrected chi connectivity index (χ4v) is 6.51. The van der Waals surface area contributed by atoms with Crippen molar-refractivity contribution in [1.29, 1.82) is 5.26 Å². The molecular weight excluding hydrogens is 721 g/mol. The Bertz CT molecular complexity index is 892. The molecule has 4 heterocycles. The normalized spacial score (nSPS) is 31.9. The van der Waals surface area contributed by atoms with Crippen molar-refractivity contribution >= 4 is 22.6 Å². The van der Waals surface area contributed by atoms with Gasteiger partial charge in [-0.2, -0.15) is 17.0 Å². The number of hydrogen-bond acceptors (Lipinski definition) is 19. The molecule has 1 unspecified atom stereocenters. The highest BCUT2D eigenvalue weighted by molar-refractivity contribution is 7.99. The molecule has 41 heavy (non-hydrogen) atoms. The highest BCUT2D eigenvalue weighted by Gasteiger charge is 2.51. The van der Waals surface area contributed by atoms with Crippen molar-refractivity contribution in [3.63, 3.8) is 0 Å². The first-order chi connectivity index (χ1) is 19.3. The van der Waals surface area contributed by atoms with Crippen LogP contribution in [-0.2, 0) is 47.7 Å². The molecule has 0 amide bonds. The van der Waals surface area contributed by atoms with Gasteiger partial charge in [0, 0.05) is 31.4 Å². The van der Waals surface area contributed by atoms with E-state index in [1.54, 1.807) is 17.8 Å². The first-order valence-corrected chi connectivity index (χ1v) is 17.6. The topological polar surface area (TPSA) is 290 Å². The molecule has 9 atom stereocenters. The Labute approximate surface area is 249 Å². The fourth-order valence-electron chi connectivity index (χ4n) is 4.09. The molecule has 0 spiro atoms. The molecule has 4 rings (SSSR count). The summed E-state index contributed by atoms with van der Waals surface area (Å²) in [7, 11) is -1.02. The van der Waals surface area contributed by atoms with E-state index in [0.717, 1.165) is 5.75 Å². The summed E-state index contributed by atoms with van der Waals surface area (Å²) in [6.07, 6.45) is -2.40. The lowest BCUT2D eigenvalue weighted by atomic mass is 10.1. The van der Waals surface area contributed by atoms with Crippen LogP contribution in [0.1, 0.15) is 23.6 Å². The fraction of sp³-hybridized carbons (Fsp3) is 0.944. The molecule has 4 fully saturated rings. The maximum atomic E-state index is 11.7. The van der Waals surface area contributed by atoms with E-state index in [1.165, 1.54) is 6.92 Å². The minimum Gasteiger partial charge on any atom is -0.372 e. The molecule has 0 aromatic rings. The molecule has 20 nitrogen and oxygen atoms in total. The van der Waals surface area contributed by atoms with Crippen LogP contribution in [-0.4, -0.2) is 105 Å². The molecule has 4 aliphatic rings. The lowest BCUT2D eigenvalue weighted by Gasteiger charge is -2.14. The summed E-state index contributed by atoms with van der Waals surface area (Å²) in [5.41, 5.74) is 0. The summed E-state index contributed by atoms with van der Waals surface area (Å²) in [6, 6.07) is 1.75. The molecule has 0 aliphatic carbocycles. The van der Waals surface area contributed by atoms with Crippen LogP contribution >= 0.6 is 11.8 Å². The average molecular weight is 756 g/mol. The molecule has 0 bridgehead atoms. The third-order valence-electron chi connectivity index (χ3n) is 5.48. The first kappa shape index (κ1) is 37.7. The largest absolute Gasteiger partial charge is 0.426 e. The minimum absolute atomic E-state index is 0. The summed E-state index contributed by atoms with van der Waals surface area (Å²) in [4.78, 5) is 29.4. The maximum absolute atomic E-state index is 11.7. The SMILES string of the molecule is CC#N.CCS(=O)[C@H]1CO[C@H]2[C@@H]1OC[C@H]2O[N+](=O)[O-].CCS[C@H]1CO[C@H]2[C@@H]1OC[C@H]2O[N+](=O)[O-].[HH].[HH].[O-][I+3]([O-])([O-])OOO. The van der Waals surface area contributed by atoms with Crippen molar-refractivity contribution in [2.75, 3.05) is 37.9 Å². The van der Waals surface area contributed by atoms with Gasteiger partial charge in [0.25, 0.3) is 10.2 Å². The Morgan fingerprint density at radius 1 is 0.976 bits per heavy atom. The van der Waals surface area contributed by atoms with E-state index in [9.17, 15) is 34.7 Å². The van der Waals surface area contributed by atoms with Crippen LogP contribution in [0.4, 0.5) is 0 Å². The van der Waals surface area contributed by atoms with Gasteiger partial charge in [-0.3, -0.25) is 14.5 Å². The zero-order valence-corrected chi connectivity index (χ0v) is 25.7. The van der Waals surface area contributed by atoms with Gasteiger partial charge >= 0.3 is 20.1 Å². The molecule has 1 N–H and O–H groups in total. The summed E-state index contributed by atoms with van der Waals surface area (Å²) in [6.45, 7) is 6.59. The van der Waals surface area contributed by atoms with Gasteiger partial charge in [-0.1, -0.05) is 13.8 Å². The second-order valence-corrected chi connectivity index (χ2v) is 13.8. The number of hydrogen-bond donors (Lipinski definition) is 1. The number of rotatable bonds is 10. The van der Waals surface area contributed by atoms with Crippen molar-refractivity contribution in [3.05, 3.63) is 20.2 Å². The van der Waals surface area contributed by atoms with Gasteiger partial charge in [-0.15, -0.1) is 20.2 Å². The van der Waals surface area contributed by atoms with E-state index in [0.29, 0.717) is 19.0 Å². The van der Waals surface area contributed by atoms with Gasteiger partial charge < -0.3 is 28.6 Å². The summed E-state index contributed by atoms with van der Waals surface area (Å²) >= 11 is -3.98. The van der Waals surface area contributed by atoms with E-state index in [1.807, 2.05) is 6.92 Å². The lowest BCUT2D eigenvalue weighted by molar-refractivity contribution is -1.93. The highest BCUT2D eigenvalue weighted by Crippen LogP contribution is 2.35. The van der Waals surface area contributed by atoms with Gasteiger partial charge in [0.05, 0.1) is 43.0 Å². The zero-order chi connectivity index (χ0) is 31.2. The highest BCUT2D eigenvalue weighted by atomic mass is 127. The van der Waals surface area contributed by atoms with Crippen molar-refractivity contribution in [2.24, 2.45) is 0 Å². The van der Waals surface area contributed by atoms with Gasteiger partial charge in [0.1, 0.15) is 24.4 Å². The van der Waals surface area contributed by atoms with E-state index in [-0.39, 0.29) is 44.9 Å². The third-order valence-corrected chi connectivity index (χ3v) is 8.89. The molecule has 242 valence electrons. The molecule has 0 radical (unpaired) electrons. The lowest BCUT2D eigenvalue weighted by Crippen LogP contribution is -4.24. The number of nitrogens with zero attached hydrogens (tertiary/aromatic N) is 3. The Balaban J connectivity index is 0. The van der Waals surface area contributed by atoms with E-state index >= 15 is 0 Å². The van der Waals surface area contributed by atoms with Gasteiger partial charge in [-0.25, -0.2) is 5.26 Å². The zero-order valence-electron chi connectivity index (χ0n) is 21.9. The smallest absolute Gasteiger partial charge is 0.372 e. The van der Waals surface area contributed by atoms with Crippen LogP contribution in [0.2, 0.25) is 0 Å².